The number of carbonyl (C=O) groups is 2. The molecule has 29 heavy (non-hydrogen) atoms. The number of nitrogens with zero attached hydrogens (tertiary/aromatic N) is 1. The molecule has 1 N–H and O–H groups in total. The van der Waals surface area contributed by atoms with E-state index in [-0.39, 0.29) is 23.1 Å². The molecule has 0 saturated carbocycles. The van der Waals surface area contributed by atoms with Crippen LogP contribution in [0.1, 0.15) is 54.7 Å². The molecule has 152 valence electrons. The topological polar surface area (TPSA) is 49.4 Å². The molecule has 0 aromatic heterocycles. The molecule has 2 heterocycles. The summed E-state index contributed by atoms with van der Waals surface area (Å²) in [7, 11) is 0. The number of nitrogens with one attached hydrogen (secondary N) is 1. The second-order valence-electron chi connectivity index (χ2n) is 8.71. The largest absolute Gasteiger partial charge is 0.355 e. The molecule has 0 radical (unpaired) electrons. The van der Waals surface area contributed by atoms with Crippen LogP contribution in [0.3, 0.4) is 0 Å². The van der Waals surface area contributed by atoms with E-state index >= 15 is 0 Å². The van der Waals surface area contributed by atoms with Gasteiger partial charge >= 0.3 is 0 Å². The van der Waals surface area contributed by atoms with E-state index in [9.17, 15) is 9.59 Å². The van der Waals surface area contributed by atoms with Crippen molar-refractivity contribution in [2.45, 2.75) is 44.9 Å². The fraction of sp³-hybridized carbons (Fsp3) is 0.440. The molecule has 2 amide bonds. The SMILES string of the molecule is Cc1ccccc1[C@@H](C)C(=O)N1CCC2(CC1)CC(=O)NC[C@@H]2c1ccccc1. The molecular formula is C25H30N2O2. The second-order valence-corrected chi connectivity index (χ2v) is 8.71. The Hall–Kier alpha value is -2.62. The summed E-state index contributed by atoms with van der Waals surface area (Å²) in [5.74, 6) is 0.521. The Labute approximate surface area is 173 Å². The van der Waals surface area contributed by atoms with Gasteiger partial charge in [0.2, 0.25) is 11.8 Å². The molecule has 0 bridgehead atoms. The number of amides is 2. The zero-order valence-corrected chi connectivity index (χ0v) is 17.4. The fourth-order valence-corrected chi connectivity index (χ4v) is 5.27. The fourth-order valence-electron chi connectivity index (χ4n) is 5.27. The van der Waals surface area contributed by atoms with Gasteiger partial charge in [0, 0.05) is 32.0 Å². The maximum atomic E-state index is 13.2. The van der Waals surface area contributed by atoms with Crippen LogP contribution < -0.4 is 5.32 Å². The van der Waals surface area contributed by atoms with Crippen LogP contribution in [0.15, 0.2) is 54.6 Å². The summed E-state index contributed by atoms with van der Waals surface area (Å²) in [4.78, 5) is 27.5. The highest BCUT2D eigenvalue weighted by Gasteiger charge is 2.47. The van der Waals surface area contributed by atoms with E-state index in [1.165, 1.54) is 5.56 Å². The van der Waals surface area contributed by atoms with Gasteiger partial charge in [0.15, 0.2) is 0 Å². The van der Waals surface area contributed by atoms with Gasteiger partial charge in [0.05, 0.1) is 5.92 Å². The van der Waals surface area contributed by atoms with E-state index in [4.69, 9.17) is 0 Å². The van der Waals surface area contributed by atoms with Gasteiger partial charge in [-0.3, -0.25) is 9.59 Å². The summed E-state index contributed by atoms with van der Waals surface area (Å²) in [6, 6.07) is 18.6. The van der Waals surface area contributed by atoms with Crippen LogP contribution in [0.2, 0.25) is 0 Å². The predicted octanol–water partition coefficient (Wildman–Crippen LogP) is 4.01. The van der Waals surface area contributed by atoms with Crippen molar-refractivity contribution in [1.29, 1.82) is 0 Å². The van der Waals surface area contributed by atoms with Crippen molar-refractivity contribution in [3.8, 4) is 0 Å². The Balaban J connectivity index is 1.50. The molecule has 2 atom stereocenters. The first kappa shape index (κ1) is 19.7. The van der Waals surface area contributed by atoms with Crippen LogP contribution in [0, 0.1) is 12.3 Å². The van der Waals surface area contributed by atoms with Gasteiger partial charge in [-0.25, -0.2) is 0 Å². The number of rotatable bonds is 3. The smallest absolute Gasteiger partial charge is 0.229 e. The first-order valence-electron chi connectivity index (χ1n) is 10.7. The van der Waals surface area contributed by atoms with Gasteiger partial charge in [0.1, 0.15) is 0 Å². The Bertz CT molecular complexity index is 885. The molecule has 0 aliphatic carbocycles. The molecule has 4 heteroatoms. The molecule has 2 fully saturated rings. The van der Waals surface area contributed by atoms with Crippen LogP contribution in [-0.2, 0) is 9.59 Å². The highest BCUT2D eigenvalue weighted by molar-refractivity contribution is 5.84. The minimum atomic E-state index is -0.134. The molecular weight excluding hydrogens is 360 g/mol. The van der Waals surface area contributed by atoms with Crippen molar-refractivity contribution in [1.82, 2.24) is 10.2 Å². The number of carbonyl (C=O) groups excluding carboxylic acids is 2. The van der Waals surface area contributed by atoms with Crippen LogP contribution in [0.25, 0.3) is 0 Å². The second kappa shape index (κ2) is 8.02. The predicted molar refractivity (Wildman–Crippen MR) is 115 cm³/mol. The Morgan fingerprint density at radius 2 is 1.72 bits per heavy atom. The summed E-state index contributed by atoms with van der Waals surface area (Å²) >= 11 is 0. The van der Waals surface area contributed by atoms with Crippen molar-refractivity contribution in [2.75, 3.05) is 19.6 Å². The third-order valence-corrected chi connectivity index (χ3v) is 7.05. The third-order valence-electron chi connectivity index (χ3n) is 7.05. The number of benzene rings is 2. The molecule has 2 aliphatic rings. The maximum absolute atomic E-state index is 13.2. The summed E-state index contributed by atoms with van der Waals surface area (Å²) in [5.41, 5.74) is 3.51. The van der Waals surface area contributed by atoms with Crippen molar-refractivity contribution < 1.29 is 9.59 Å². The zero-order chi connectivity index (χ0) is 20.4. The summed E-state index contributed by atoms with van der Waals surface area (Å²) in [5, 5.41) is 3.06. The monoisotopic (exact) mass is 390 g/mol. The Morgan fingerprint density at radius 3 is 2.41 bits per heavy atom. The highest BCUT2D eigenvalue weighted by atomic mass is 16.2. The molecule has 2 aliphatic heterocycles. The standard InChI is InChI=1S/C25H30N2O2/c1-18-8-6-7-11-21(18)19(2)24(29)27-14-12-25(13-15-27)16-23(28)26-17-22(25)20-9-4-3-5-10-20/h3-11,19,22H,12-17H2,1-2H3,(H,26,28)/t19-,22-/m1/s1. The number of hydrogen-bond acceptors (Lipinski definition) is 2. The van der Waals surface area contributed by atoms with Crippen molar-refractivity contribution in [3.63, 3.8) is 0 Å². The van der Waals surface area contributed by atoms with Crippen molar-refractivity contribution in [3.05, 3.63) is 71.3 Å². The van der Waals surface area contributed by atoms with E-state index in [2.05, 4.69) is 48.6 Å². The van der Waals surface area contributed by atoms with E-state index in [0.29, 0.717) is 18.9 Å². The molecule has 2 aromatic rings. The number of likely N-dealkylation sites (tertiary alicyclic amines) is 1. The number of piperidine rings is 2. The number of hydrogen-bond donors (Lipinski definition) is 1. The summed E-state index contributed by atoms with van der Waals surface area (Å²) < 4.78 is 0. The van der Waals surface area contributed by atoms with Crippen LogP contribution in [0.5, 0.6) is 0 Å². The Kier molecular flexibility index (Phi) is 5.44. The lowest BCUT2D eigenvalue weighted by molar-refractivity contribution is -0.136. The average molecular weight is 391 g/mol. The van der Waals surface area contributed by atoms with E-state index < -0.39 is 0 Å². The Morgan fingerprint density at radius 1 is 1.07 bits per heavy atom. The van der Waals surface area contributed by atoms with Crippen LogP contribution >= 0.6 is 0 Å². The van der Waals surface area contributed by atoms with E-state index in [0.717, 1.165) is 37.1 Å². The highest BCUT2D eigenvalue weighted by Crippen LogP contribution is 2.49. The minimum Gasteiger partial charge on any atom is -0.355 e. The normalized spacial score (nSPS) is 22.2. The van der Waals surface area contributed by atoms with Gasteiger partial charge in [-0.2, -0.15) is 0 Å². The zero-order valence-electron chi connectivity index (χ0n) is 17.4. The van der Waals surface area contributed by atoms with Gasteiger partial charge in [-0.1, -0.05) is 54.6 Å². The van der Waals surface area contributed by atoms with Crippen LogP contribution in [-0.4, -0.2) is 36.3 Å². The molecule has 1 spiro atoms. The van der Waals surface area contributed by atoms with Gasteiger partial charge in [-0.05, 0) is 48.8 Å². The quantitative estimate of drug-likeness (QED) is 0.861. The lowest BCUT2D eigenvalue weighted by Gasteiger charge is -2.49. The number of aryl methyl sites for hydroxylation is 1. The van der Waals surface area contributed by atoms with Crippen molar-refractivity contribution in [2.24, 2.45) is 5.41 Å². The lowest BCUT2D eigenvalue weighted by atomic mass is 9.62. The van der Waals surface area contributed by atoms with E-state index in [1.807, 2.05) is 30.0 Å². The van der Waals surface area contributed by atoms with E-state index in [1.54, 1.807) is 0 Å². The van der Waals surface area contributed by atoms with Crippen molar-refractivity contribution >= 4 is 11.8 Å². The van der Waals surface area contributed by atoms with Gasteiger partial charge < -0.3 is 10.2 Å². The molecule has 0 unspecified atom stereocenters. The first-order chi connectivity index (χ1) is 14.0. The lowest BCUT2D eigenvalue weighted by Crippen LogP contribution is -2.53. The van der Waals surface area contributed by atoms with Gasteiger partial charge in [-0.15, -0.1) is 0 Å². The summed E-state index contributed by atoms with van der Waals surface area (Å²) in [6.45, 7) is 6.22. The molecule has 2 aromatic carbocycles. The maximum Gasteiger partial charge on any atom is 0.229 e. The molecule has 2 saturated heterocycles. The van der Waals surface area contributed by atoms with Gasteiger partial charge in [0.25, 0.3) is 0 Å². The summed E-state index contributed by atoms with van der Waals surface area (Å²) in [6.07, 6.45) is 2.32. The minimum absolute atomic E-state index is 0.0492. The molecule has 4 rings (SSSR count). The molecule has 4 nitrogen and oxygen atoms in total. The average Bonchev–Trinajstić information content (AvgIpc) is 2.74. The first-order valence-corrected chi connectivity index (χ1v) is 10.7. The van der Waals surface area contributed by atoms with Crippen LogP contribution in [0.4, 0.5) is 0 Å². The third kappa shape index (κ3) is 3.81.